The summed E-state index contributed by atoms with van der Waals surface area (Å²) in [6, 6.07) is 0. The Bertz CT molecular complexity index is 174. The molecule has 1 aromatic rings. The van der Waals surface area contributed by atoms with Crippen LogP contribution in [0, 0.1) is 6.92 Å². The van der Waals surface area contributed by atoms with Gasteiger partial charge in [0.25, 0.3) is 0 Å². The summed E-state index contributed by atoms with van der Waals surface area (Å²) in [4.78, 5) is 0. The number of aryl methyl sites for hydroxylation is 1. The van der Waals surface area contributed by atoms with E-state index in [0.29, 0.717) is 5.69 Å². The van der Waals surface area contributed by atoms with E-state index in [-0.39, 0.29) is 0 Å². The Hall–Kier alpha value is -0.510. The van der Waals surface area contributed by atoms with Crippen molar-refractivity contribution >= 4 is 21.8 Å². The smallest absolute Gasteiger partial charge is 0.0833 e. The first-order valence-corrected chi connectivity index (χ1v) is 2.89. The molecule has 1 heterocycles. The third kappa shape index (κ3) is 0.838. The van der Waals surface area contributed by atoms with Gasteiger partial charge in [-0.2, -0.15) is 5.10 Å². The van der Waals surface area contributed by atoms with Crippen LogP contribution >= 0.6 is 16.1 Å². The maximum absolute atomic E-state index is 5.43. The van der Waals surface area contributed by atoms with Crippen molar-refractivity contribution in [3.63, 3.8) is 0 Å². The molecule has 0 bridgehead atoms. The fraction of sp³-hybridized carbons (Fsp3) is 0.250. The number of rotatable bonds is 0. The van der Waals surface area contributed by atoms with Crippen molar-refractivity contribution < 1.29 is 0 Å². The van der Waals surface area contributed by atoms with Crippen molar-refractivity contribution in [1.29, 1.82) is 0 Å². The van der Waals surface area contributed by atoms with Gasteiger partial charge in [-0.3, -0.25) is 0 Å². The first-order chi connectivity index (χ1) is 3.70. The van der Waals surface area contributed by atoms with Gasteiger partial charge >= 0.3 is 0 Å². The summed E-state index contributed by atoms with van der Waals surface area (Å²) in [6.07, 6.45) is 1.70. The minimum atomic E-state index is 0.710. The van der Waals surface area contributed by atoms with Gasteiger partial charge in [-0.15, -0.1) is 0 Å². The van der Waals surface area contributed by atoms with Crippen LogP contribution in [0.5, 0.6) is 0 Å². The number of hydrogen-bond acceptors (Lipinski definition) is 2. The van der Waals surface area contributed by atoms with Gasteiger partial charge in [-0.1, -0.05) is 0 Å². The van der Waals surface area contributed by atoms with E-state index in [2.05, 4.69) is 21.2 Å². The lowest BCUT2D eigenvalue weighted by Gasteiger charge is -1.78. The normalized spacial score (nSPS) is 9.75. The van der Waals surface area contributed by atoms with E-state index < -0.39 is 0 Å². The minimum absolute atomic E-state index is 0.710. The van der Waals surface area contributed by atoms with Crippen molar-refractivity contribution in [2.45, 2.75) is 6.92 Å². The molecule has 44 valence electrons. The van der Waals surface area contributed by atoms with Crippen molar-refractivity contribution in [3.8, 4) is 0 Å². The van der Waals surface area contributed by atoms with E-state index in [0.717, 1.165) is 5.69 Å². The van der Waals surface area contributed by atoms with Crippen molar-refractivity contribution in [2.24, 2.45) is 0 Å². The zero-order valence-electron chi connectivity index (χ0n) is 4.43. The number of anilines is 1. The van der Waals surface area contributed by atoms with Gasteiger partial charge in [-0.25, -0.2) is 3.71 Å². The predicted molar refractivity (Wildman–Crippen MR) is 35.7 cm³/mol. The maximum atomic E-state index is 5.43. The Morgan fingerprint density at radius 3 is 2.62 bits per heavy atom. The van der Waals surface area contributed by atoms with Crippen LogP contribution in [-0.4, -0.2) is 8.81 Å². The number of hydrogen-bond donors (Lipinski definition) is 1. The third-order valence-corrected chi connectivity index (χ3v) is 1.27. The van der Waals surface area contributed by atoms with E-state index in [4.69, 9.17) is 5.73 Å². The van der Waals surface area contributed by atoms with Gasteiger partial charge in [0.2, 0.25) is 0 Å². The summed E-state index contributed by atoms with van der Waals surface area (Å²) >= 11 is 3.11. The van der Waals surface area contributed by atoms with E-state index in [1.165, 1.54) is 3.71 Å². The third-order valence-electron chi connectivity index (χ3n) is 0.909. The van der Waals surface area contributed by atoms with Crippen LogP contribution in [0.15, 0.2) is 6.20 Å². The molecular formula is C4H6BrN3. The van der Waals surface area contributed by atoms with Gasteiger partial charge in [0.15, 0.2) is 0 Å². The van der Waals surface area contributed by atoms with E-state index in [9.17, 15) is 0 Å². The lowest BCUT2D eigenvalue weighted by Crippen LogP contribution is -1.82. The Balaban J connectivity index is 3.14. The molecule has 0 saturated carbocycles. The average molecular weight is 176 g/mol. The monoisotopic (exact) mass is 175 g/mol. The van der Waals surface area contributed by atoms with Crippen LogP contribution in [0.2, 0.25) is 0 Å². The molecule has 0 spiro atoms. The Morgan fingerprint density at radius 2 is 2.50 bits per heavy atom. The van der Waals surface area contributed by atoms with Crippen molar-refractivity contribution in [1.82, 2.24) is 8.81 Å². The lowest BCUT2D eigenvalue weighted by atomic mass is 10.4. The standard InChI is InChI=1S/C4H6BrN3/c1-3-4(6)2-8(5)7-3/h2H,6H2,1H3. The van der Waals surface area contributed by atoms with Gasteiger partial charge in [-0.05, 0) is 6.92 Å². The molecule has 1 aromatic heterocycles. The molecule has 0 radical (unpaired) electrons. The molecule has 4 heteroatoms. The number of nitrogens with two attached hydrogens (primary N) is 1. The molecule has 0 amide bonds. The number of nitrogen functional groups attached to an aromatic ring is 1. The fourth-order valence-electron chi connectivity index (χ4n) is 0.438. The van der Waals surface area contributed by atoms with E-state index >= 15 is 0 Å². The predicted octanol–water partition coefficient (Wildman–Crippen LogP) is 0.932. The van der Waals surface area contributed by atoms with Crippen molar-refractivity contribution in [2.75, 3.05) is 5.73 Å². The summed E-state index contributed by atoms with van der Waals surface area (Å²) in [5.41, 5.74) is 6.99. The quantitative estimate of drug-likeness (QED) is 0.638. The zero-order chi connectivity index (χ0) is 6.15. The molecule has 8 heavy (non-hydrogen) atoms. The molecule has 0 unspecified atom stereocenters. The molecule has 0 aliphatic heterocycles. The summed E-state index contributed by atoms with van der Waals surface area (Å²) in [6.45, 7) is 1.85. The van der Waals surface area contributed by atoms with Crippen LogP contribution in [0.4, 0.5) is 5.69 Å². The second-order valence-electron chi connectivity index (χ2n) is 1.56. The molecular weight excluding hydrogens is 170 g/mol. The van der Waals surface area contributed by atoms with Crippen molar-refractivity contribution in [3.05, 3.63) is 11.9 Å². The van der Waals surface area contributed by atoms with Gasteiger partial charge in [0.05, 0.1) is 33.7 Å². The molecule has 1 rings (SSSR count). The number of nitrogens with zero attached hydrogens (tertiary/aromatic N) is 2. The largest absolute Gasteiger partial charge is 0.396 e. The Kier molecular flexibility index (Phi) is 1.25. The van der Waals surface area contributed by atoms with Crippen LogP contribution in [-0.2, 0) is 0 Å². The summed E-state index contributed by atoms with van der Waals surface area (Å²) < 4.78 is 1.51. The molecule has 0 saturated heterocycles. The van der Waals surface area contributed by atoms with Gasteiger partial charge < -0.3 is 5.73 Å². The highest BCUT2D eigenvalue weighted by Gasteiger charge is 1.94. The summed E-state index contributed by atoms with van der Waals surface area (Å²) in [5.74, 6) is 0. The van der Waals surface area contributed by atoms with Crippen LogP contribution in [0.25, 0.3) is 0 Å². The summed E-state index contributed by atoms with van der Waals surface area (Å²) in [5, 5.41) is 3.92. The minimum Gasteiger partial charge on any atom is -0.396 e. The first-order valence-electron chi connectivity index (χ1n) is 2.18. The highest BCUT2D eigenvalue weighted by molar-refractivity contribution is 9.08. The highest BCUT2D eigenvalue weighted by Crippen LogP contribution is 2.07. The first kappa shape index (κ1) is 5.62. The molecule has 0 fully saturated rings. The summed E-state index contributed by atoms with van der Waals surface area (Å²) in [7, 11) is 0. The average Bonchev–Trinajstić information content (AvgIpc) is 1.85. The van der Waals surface area contributed by atoms with Crippen LogP contribution in [0.1, 0.15) is 5.69 Å². The second-order valence-corrected chi connectivity index (χ2v) is 2.29. The topological polar surface area (TPSA) is 43.8 Å². The molecule has 0 atom stereocenters. The Morgan fingerprint density at radius 1 is 1.88 bits per heavy atom. The zero-order valence-corrected chi connectivity index (χ0v) is 6.01. The molecule has 2 N–H and O–H groups in total. The number of aromatic nitrogens is 2. The van der Waals surface area contributed by atoms with Gasteiger partial charge in [0, 0.05) is 0 Å². The number of halogens is 1. The lowest BCUT2D eigenvalue weighted by molar-refractivity contribution is 0.998. The van der Waals surface area contributed by atoms with Crippen LogP contribution < -0.4 is 5.73 Å². The maximum Gasteiger partial charge on any atom is 0.0833 e. The van der Waals surface area contributed by atoms with Gasteiger partial charge in [0.1, 0.15) is 0 Å². The van der Waals surface area contributed by atoms with E-state index in [1.54, 1.807) is 6.20 Å². The second kappa shape index (κ2) is 1.78. The highest BCUT2D eigenvalue weighted by atomic mass is 79.9. The molecule has 0 aliphatic rings. The van der Waals surface area contributed by atoms with E-state index in [1.807, 2.05) is 6.92 Å². The Labute approximate surface area is 55.8 Å². The fourth-order valence-corrected chi connectivity index (χ4v) is 0.897. The molecule has 3 nitrogen and oxygen atoms in total. The van der Waals surface area contributed by atoms with Crippen LogP contribution in [0.3, 0.4) is 0 Å². The SMILES string of the molecule is Cc1nn(Br)cc1N. The molecule has 0 aliphatic carbocycles. The molecule has 0 aromatic carbocycles.